The Morgan fingerprint density at radius 1 is 1.26 bits per heavy atom. The van der Waals surface area contributed by atoms with E-state index < -0.39 is 0 Å². The number of amides is 2. The van der Waals surface area contributed by atoms with Gasteiger partial charge in [-0.1, -0.05) is 36.7 Å². The average Bonchev–Trinajstić information content (AvgIpc) is 3.07. The molecule has 1 unspecified atom stereocenters. The number of halogens is 1. The van der Waals surface area contributed by atoms with E-state index in [9.17, 15) is 9.59 Å². The molecular weight excluding hydrogens is 332 g/mol. The first kappa shape index (κ1) is 17.5. The molecule has 2 amide bonds. The summed E-state index contributed by atoms with van der Waals surface area (Å²) in [6.07, 6.45) is 0.760. The third-order valence-electron chi connectivity index (χ3n) is 3.48. The average molecular weight is 351 g/mol. The van der Waals surface area contributed by atoms with Crippen molar-refractivity contribution in [3.8, 4) is 0 Å². The van der Waals surface area contributed by atoms with Crippen molar-refractivity contribution in [3.05, 3.63) is 57.2 Å². The normalized spacial score (nSPS) is 11.8. The molecule has 0 aliphatic heterocycles. The van der Waals surface area contributed by atoms with Gasteiger partial charge < -0.3 is 10.2 Å². The van der Waals surface area contributed by atoms with E-state index in [2.05, 4.69) is 5.32 Å². The highest BCUT2D eigenvalue weighted by Gasteiger charge is 2.18. The summed E-state index contributed by atoms with van der Waals surface area (Å²) in [6.45, 7) is 2.03. The lowest BCUT2D eigenvalue weighted by Crippen LogP contribution is -2.39. The highest BCUT2D eigenvalue weighted by molar-refractivity contribution is 7.12. The lowest BCUT2D eigenvalue weighted by molar-refractivity contribution is -0.122. The van der Waals surface area contributed by atoms with Gasteiger partial charge in [-0.2, -0.15) is 0 Å². The van der Waals surface area contributed by atoms with Crippen molar-refractivity contribution < 1.29 is 9.59 Å². The van der Waals surface area contributed by atoms with E-state index in [1.807, 2.05) is 30.5 Å². The zero-order valence-electron chi connectivity index (χ0n) is 13.1. The maximum Gasteiger partial charge on any atom is 0.264 e. The molecule has 122 valence electrons. The number of hydrogen-bond acceptors (Lipinski definition) is 3. The molecule has 0 saturated heterocycles. The molecule has 1 atom stereocenters. The van der Waals surface area contributed by atoms with E-state index in [1.165, 1.54) is 16.2 Å². The van der Waals surface area contributed by atoms with E-state index in [0.29, 0.717) is 9.90 Å². The monoisotopic (exact) mass is 350 g/mol. The highest BCUT2D eigenvalue weighted by atomic mass is 35.5. The fraction of sp³-hybridized carbons (Fsp3) is 0.294. The lowest BCUT2D eigenvalue weighted by Gasteiger charge is -2.21. The zero-order valence-corrected chi connectivity index (χ0v) is 14.7. The fourth-order valence-electron chi connectivity index (χ4n) is 2.23. The van der Waals surface area contributed by atoms with Gasteiger partial charge in [0.2, 0.25) is 5.91 Å². The summed E-state index contributed by atoms with van der Waals surface area (Å²) in [5.41, 5.74) is 0.998. The van der Waals surface area contributed by atoms with Gasteiger partial charge in [0.05, 0.1) is 17.5 Å². The Balaban J connectivity index is 1.94. The molecule has 0 aliphatic rings. The summed E-state index contributed by atoms with van der Waals surface area (Å²) >= 11 is 7.25. The van der Waals surface area contributed by atoms with Crippen LogP contribution >= 0.6 is 22.9 Å². The van der Waals surface area contributed by atoms with Crippen molar-refractivity contribution in [3.63, 3.8) is 0 Å². The highest BCUT2D eigenvalue weighted by Crippen LogP contribution is 2.19. The van der Waals surface area contributed by atoms with Crippen molar-refractivity contribution >= 4 is 34.8 Å². The molecule has 0 radical (unpaired) electrons. The van der Waals surface area contributed by atoms with Gasteiger partial charge in [-0.25, -0.2) is 0 Å². The molecule has 0 saturated carbocycles. The Kier molecular flexibility index (Phi) is 6.19. The lowest BCUT2D eigenvalue weighted by atomic mass is 10.0. The summed E-state index contributed by atoms with van der Waals surface area (Å²) in [7, 11) is 1.63. The smallest absolute Gasteiger partial charge is 0.264 e. The predicted molar refractivity (Wildman–Crippen MR) is 93.9 cm³/mol. The first-order valence-electron chi connectivity index (χ1n) is 7.35. The zero-order chi connectivity index (χ0) is 16.8. The maximum absolute atomic E-state index is 12.2. The first-order chi connectivity index (χ1) is 11.0. The van der Waals surface area contributed by atoms with Crippen molar-refractivity contribution in [2.75, 3.05) is 13.6 Å². The van der Waals surface area contributed by atoms with E-state index in [0.717, 1.165) is 12.0 Å². The van der Waals surface area contributed by atoms with Gasteiger partial charge in [0, 0.05) is 12.1 Å². The molecule has 0 bridgehead atoms. The number of rotatable bonds is 6. The first-order valence-corrected chi connectivity index (χ1v) is 8.60. The number of thiophene rings is 1. The Morgan fingerprint density at radius 2 is 1.96 bits per heavy atom. The quantitative estimate of drug-likeness (QED) is 0.862. The molecule has 0 fully saturated rings. The topological polar surface area (TPSA) is 49.4 Å². The summed E-state index contributed by atoms with van der Waals surface area (Å²) in [5, 5.41) is 5.47. The second kappa shape index (κ2) is 8.13. The van der Waals surface area contributed by atoms with Crippen LogP contribution in [0.15, 0.2) is 41.8 Å². The predicted octanol–water partition coefficient (Wildman–Crippen LogP) is 3.74. The van der Waals surface area contributed by atoms with Crippen molar-refractivity contribution in [1.82, 2.24) is 10.2 Å². The SMILES string of the molecule is CCC(NC(=O)CN(C)C(=O)c1cccs1)c1ccc(Cl)cc1. The molecule has 2 rings (SSSR count). The minimum Gasteiger partial charge on any atom is -0.348 e. The van der Waals surface area contributed by atoms with Crippen molar-refractivity contribution in [1.29, 1.82) is 0 Å². The van der Waals surface area contributed by atoms with Crippen LogP contribution in [0.1, 0.15) is 34.6 Å². The van der Waals surface area contributed by atoms with Crippen LogP contribution in [0.3, 0.4) is 0 Å². The number of carbonyl (C=O) groups is 2. The Labute approximate surface area is 145 Å². The molecule has 6 heteroatoms. The molecule has 1 heterocycles. The van der Waals surface area contributed by atoms with Crippen LogP contribution < -0.4 is 5.32 Å². The third-order valence-corrected chi connectivity index (χ3v) is 4.59. The molecule has 1 aromatic carbocycles. The molecular formula is C17H19ClN2O2S. The van der Waals surface area contributed by atoms with Gasteiger partial charge in [0.1, 0.15) is 0 Å². The van der Waals surface area contributed by atoms with Gasteiger partial charge in [0.25, 0.3) is 5.91 Å². The number of likely N-dealkylation sites (N-methyl/N-ethyl adjacent to an activating group) is 1. The molecule has 1 N–H and O–H groups in total. The minimum atomic E-state index is -0.181. The number of benzene rings is 1. The van der Waals surface area contributed by atoms with E-state index in [-0.39, 0.29) is 24.4 Å². The van der Waals surface area contributed by atoms with Crippen molar-refractivity contribution in [2.45, 2.75) is 19.4 Å². The van der Waals surface area contributed by atoms with E-state index in [1.54, 1.807) is 25.2 Å². The standard InChI is InChI=1S/C17H19ClN2O2S/c1-3-14(12-6-8-13(18)9-7-12)19-16(21)11-20(2)17(22)15-5-4-10-23-15/h4-10,14H,3,11H2,1-2H3,(H,19,21). The van der Waals surface area contributed by atoms with Crippen LogP contribution in [0.5, 0.6) is 0 Å². The minimum absolute atomic E-state index is 0.0286. The van der Waals surface area contributed by atoms with Gasteiger partial charge >= 0.3 is 0 Å². The Bertz CT molecular complexity index is 656. The van der Waals surface area contributed by atoms with Crippen molar-refractivity contribution in [2.24, 2.45) is 0 Å². The molecule has 23 heavy (non-hydrogen) atoms. The molecule has 0 aliphatic carbocycles. The number of nitrogens with one attached hydrogen (secondary N) is 1. The summed E-state index contributed by atoms with van der Waals surface area (Å²) in [5.74, 6) is -0.325. The van der Waals surface area contributed by atoms with Crippen LogP contribution in [-0.4, -0.2) is 30.3 Å². The van der Waals surface area contributed by atoms with Gasteiger partial charge in [-0.3, -0.25) is 9.59 Å². The van der Waals surface area contributed by atoms with Gasteiger partial charge in [-0.15, -0.1) is 11.3 Å². The third kappa shape index (κ3) is 4.81. The van der Waals surface area contributed by atoms with Crippen LogP contribution in [0.25, 0.3) is 0 Å². The fourth-order valence-corrected chi connectivity index (χ4v) is 3.08. The van der Waals surface area contributed by atoms with Gasteiger partial charge in [0.15, 0.2) is 0 Å². The van der Waals surface area contributed by atoms with E-state index >= 15 is 0 Å². The maximum atomic E-state index is 12.2. The Hall–Kier alpha value is -1.85. The molecule has 2 aromatic rings. The van der Waals surface area contributed by atoms with Crippen LogP contribution in [0.2, 0.25) is 5.02 Å². The van der Waals surface area contributed by atoms with Crippen LogP contribution in [0, 0.1) is 0 Å². The molecule has 1 aromatic heterocycles. The number of carbonyl (C=O) groups excluding carboxylic acids is 2. The summed E-state index contributed by atoms with van der Waals surface area (Å²) in [6, 6.07) is 10.9. The molecule has 0 spiro atoms. The second-order valence-corrected chi connectivity index (χ2v) is 6.60. The summed E-state index contributed by atoms with van der Waals surface area (Å²) < 4.78 is 0. The van der Waals surface area contributed by atoms with E-state index in [4.69, 9.17) is 11.6 Å². The van der Waals surface area contributed by atoms with Crippen LogP contribution in [0.4, 0.5) is 0 Å². The van der Waals surface area contributed by atoms with Gasteiger partial charge in [-0.05, 0) is 35.6 Å². The Morgan fingerprint density at radius 3 is 2.52 bits per heavy atom. The molecule has 4 nitrogen and oxygen atoms in total. The number of hydrogen-bond donors (Lipinski definition) is 1. The second-order valence-electron chi connectivity index (χ2n) is 5.22. The van der Waals surface area contributed by atoms with Crippen LogP contribution in [-0.2, 0) is 4.79 Å². The largest absolute Gasteiger partial charge is 0.348 e. The summed E-state index contributed by atoms with van der Waals surface area (Å²) in [4.78, 5) is 26.4. The number of nitrogens with zero attached hydrogens (tertiary/aromatic N) is 1.